The van der Waals surface area contributed by atoms with Crippen molar-refractivity contribution in [2.75, 3.05) is 0 Å². The van der Waals surface area contributed by atoms with Crippen LogP contribution in [0.5, 0.6) is 0 Å². The third-order valence-corrected chi connectivity index (χ3v) is 0.130. The molecule has 0 nitrogen and oxygen atoms in total. The summed E-state index contributed by atoms with van der Waals surface area (Å²) in [5.41, 5.74) is 0. The SMILES string of the molecule is CC(F)=[C-]F.[Li+]. The summed E-state index contributed by atoms with van der Waals surface area (Å²) >= 11 is 0. The molecular weight excluding hydrogens is 81.0 g/mol. The van der Waals surface area contributed by atoms with Crippen molar-refractivity contribution in [2.24, 2.45) is 0 Å². The molecule has 0 N–H and O–H groups in total. The largest absolute Gasteiger partial charge is 1.00 e. The molecule has 0 saturated heterocycles. The summed E-state index contributed by atoms with van der Waals surface area (Å²) in [4.78, 5) is 0. The molecule has 0 atom stereocenters. The molecule has 3 heteroatoms. The monoisotopic (exact) mass is 84.0 g/mol. The van der Waals surface area contributed by atoms with Crippen molar-refractivity contribution in [1.29, 1.82) is 0 Å². The molecule has 0 aliphatic heterocycles. The Hall–Kier alpha value is 0.197. The van der Waals surface area contributed by atoms with Crippen molar-refractivity contribution in [1.82, 2.24) is 0 Å². The molecule has 0 radical (unpaired) electrons. The van der Waals surface area contributed by atoms with Crippen LogP contribution in [0.1, 0.15) is 6.92 Å². The van der Waals surface area contributed by atoms with Crippen molar-refractivity contribution in [3.63, 3.8) is 0 Å². The Morgan fingerprint density at radius 3 is 1.83 bits per heavy atom. The summed E-state index contributed by atoms with van der Waals surface area (Å²) in [6, 6.07) is 0. The fourth-order valence-corrected chi connectivity index (χ4v) is 0. The minimum absolute atomic E-state index is 0. The van der Waals surface area contributed by atoms with Crippen LogP contribution in [0.2, 0.25) is 0 Å². The predicted molar refractivity (Wildman–Crippen MR) is 14.6 cm³/mol. The van der Waals surface area contributed by atoms with Crippen LogP contribution >= 0.6 is 0 Å². The fourth-order valence-electron chi connectivity index (χ4n) is 0. The van der Waals surface area contributed by atoms with E-state index in [1.165, 1.54) is 0 Å². The number of allylic oxidation sites excluding steroid dienone is 1. The van der Waals surface area contributed by atoms with Gasteiger partial charge in [-0.2, -0.15) is 0 Å². The molecule has 0 fully saturated rings. The first-order chi connectivity index (χ1) is 2.27. The maximum atomic E-state index is 10.9. The molecule has 0 aliphatic rings. The summed E-state index contributed by atoms with van der Waals surface area (Å²) in [5, 5.41) is 0. The maximum absolute atomic E-state index is 10.9. The molecule has 6 heavy (non-hydrogen) atoms. The summed E-state index contributed by atoms with van der Waals surface area (Å²) in [7, 11) is 0. The van der Waals surface area contributed by atoms with Crippen LogP contribution in [0.4, 0.5) is 8.78 Å². The second kappa shape index (κ2) is 5.20. The topological polar surface area (TPSA) is 0 Å². The van der Waals surface area contributed by atoms with E-state index in [4.69, 9.17) is 0 Å². The normalized spacial score (nSPS) is 10.2. The van der Waals surface area contributed by atoms with Gasteiger partial charge in [-0.3, -0.25) is 10.7 Å². The second-order valence-corrected chi connectivity index (χ2v) is 0.628. The molecule has 0 saturated carbocycles. The zero-order chi connectivity index (χ0) is 4.28. The van der Waals surface area contributed by atoms with Gasteiger partial charge in [0.05, 0.1) is 0 Å². The third-order valence-electron chi connectivity index (χ3n) is 0.130. The molecule has 0 aliphatic carbocycles. The minimum Gasteiger partial charge on any atom is -0.456 e. The molecule has 30 valence electrons. The van der Waals surface area contributed by atoms with Crippen molar-refractivity contribution < 1.29 is 27.6 Å². The molecule has 0 amide bonds. The van der Waals surface area contributed by atoms with Crippen LogP contribution in [0.3, 0.4) is 0 Å². The summed E-state index contributed by atoms with van der Waals surface area (Å²) < 4.78 is 21.3. The molecule has 0 heterocycles. The first-order valence-corrected chi connectivity index (χ1v) is 1.13. The van der Waals surface area contributed by atoms with Crippen LogP contribution in [0.15, 0.2) is 5.83 Å². The molecular formula is C3H3F2Li. The molecule has 0 aromatic rings. The van der Waals surface area contributed by atoms with Crippen molar-refractivity contribution >= 4 is 0 Å². The van der Waals surface area contributed by atoms with E-state index in [-0.39, 0.29) is 18.9 Å². The zero-order valence-corrected chi connectivity index (χ0v) is 3.76. The van der Waals surface area contributed by atoms with E-state index in [0.717, 1.165) is 13.3 Å². The Bertz CT molecular complexity index is 46.8. The second-order valence-electron chi connectivity index (χ2n) is 0.628. The van der Waals surface area contributed by atoms with E-state index >= 15 is 0 Å². The Morgan fingerprint density at radius 1 is 1.67 bits per heavy atom. The summed E-state index contributed by atoms with van der Waals surface area (Å²) in [5.74, 6) is -0.912. The van der Waals surface area contributed by atoms with Crippen molar-refractivity contribution in [3.05, 3.63) is 12.2 Å². The van der Waals surface area contributed by atoms with Gasteiger partial charge < -0.3 is 4.39 Å². The van der Waals surface area contributed by atoms with Gasteiger partial charge >= 0.3 is 18.9 Å². The van der Waals surface area contributed by atoms with Gasteiger partial charge in [-0.25, -0.2) is 0 Å². The van der Waals surface area contributed by atoms with E-state index in [1.807, 2.05) is 0 Å². The smallest absolute Gasteiger partial charge is 0.456 e. The van der Waals surface area contributed by atoms with Crippen LogP contribution in [0.25, 0.3) is 0 Å². The van der Waals surface area contributed by atoms with Crippen LogP contribution in [-0.2, 0) is 0 Å². The van der Waals surface area contributed by atoms with Crippen LogP contribution < -0.4 is 18.9 Å². The van der Waals surface area contributed by atoms with Gasteiger partial charge in [0.15, 0.2) is 0 Å². The third kappa shape index (κ3) is 8.89. The number of hydrogen-bond donors (Lipinski definition) is 0. The van der Waals surface area contributed by atoms with Gasteiger partial charge in [-0.05, 0) is 6.92 Å². The van der Waals surface area contributed by atoms with Crippen molar-refractivity contribution in [2.45, 2.75) is 6.92 Å². The molecule has 0 rings (SSSR count). The molecule has 0 spiro atoms. The first-order valence-electron chi connectivity index (χ1n) is 1.13. The van der Waals surface area contributed by atoms with Gasteiger partial charge in [0, 0.05) is 0 Å². The Balaban J connectivity index is 0. The van der Waals surface area contributed by atoms with Crippen LogP contribution in [0, 0.1) is 6.33 Å². The average molecular weight is 84.0 g/mol. The first kappa shape index (κ1) is 9.50. The van der Waals surface area contributed by atoms with Gasteiger partial charge in [0.1, 0.15) is 0 Å². The predicted octanol–water partition coefficient (Wildman–Crippen LogP) is -1.41. The van der Waals surface area contributed by atoms with Crippen LogP contribution in [-0.4, -0.2) is 0 Å². The average Bonchev–Trinajstić information content (AvgIpc) is 1.38. The maximum Gasteiger partial charge on any atom is 1.00 e. The standard InChI is InChI=1S/C3H3F2.Li/c1-3(5)2-4;/h1H3;/q-1;+1. The Morgan fingerprint density at radius 2 is 1.83 bits per heavy atom. The number of rotatable bonds is 0. The minimum atomic E-state index is -0.912. The zero-order valence-electron chi connectivity index (χ0n) is 3.76. The van der Waals surface area contributed by atoms with E-state index in [1.54, 1.807) is 0 Å². The molecule has 0 unspecified atom stereocenters. The summed E-state index contributed by atoms with van der Waals surface area (Å²) in [6.45, 7) is 0.986. The van der Waals surface area contributed by atoms with Crippen molar-refractivity contribution in [3.8, 4) is 0 Å². The van der Waals surface area contributed by atoms with E-state index in [9.17, 15) is 8.78 Å². The number of hydrogen-bond acceptors (Lipinski definition) is 0. The van der Waals surface area contributed by atoms with Gasteiger partial charge in [-0.15, -0.1) is 0 Å². The quantitative estimate of drug-likeness (QED) is 0.250. The van der Waals surface area contributed by atoms with E-state index < -0.39 is 5.83 Å². The fraction of sp³-hybridized carbons (Fsp3) is 0.333. The molecule has 0 bridgehead atoms. The van der Waals surface area contributed by atoms with E-state index in [2.05, 4.69) is 0 Å². The molecule has 0 aromatic heterocycles. The van der Waals surface area contributed by atoms with Gasteiger partial charge in [0.25, 0.3) is 0 Å². The number of halogens is 2. The molecule has 0 aromatic carbocycles. The van der Waals surface area contributed by atoms with Gasteiger partial charge in [-0.1, -0.05) is 5.83 Å². The summed E-state index contributed by atoms with van der Waals surface area (Å²) in [6.07, 6.45) is 0.778. The van der Waals surface area contributed by atoms with E-state index in [0.29, 0.717) is 0 Å². The Labute approximate surface area is 47.4 Å². The van der Waals surface area contributed by atoms with Gasteiger partial charge in [0.2, 0.25) is 0 Å². The Kier molecular flexibility index (Phi) is 8.23.